The lowest BCUT2D eigenvalue weighted by Crippen LogP contribution is -2.16. The average molecular weight is 451 g/mol. The van der Waals surface area contributed by atoms with E-state index >= 15 is 0 Å². The number of aromatic nitrogens is 1. The SMILES string of the molecule is CCCCC(C(=O)O)c1c(C)n(C(=O)c2ccc(C(F)(F)F)cc2)c2cc(F)c(O)cc12. The highest BCUT2D eigenvalue weighted by molar-refractivity contribution is 6.05. The second kappa shape index (κ2) is 8.64. The molecule has 0 bridgehead atoms. The van der Waals surface area contributed by atoms with E-state index in [4.69, 9.17) is 0 Å². The molecule has 9 heteroatoms. The van der Waals surface area contributed by atoms with Gasteiger partial charge in [0.1, 0.15) is 0 Å². The third kappa shape index (κ3) is 4.19. The molecule has 1 unspecified atom stereocenters. The number of halogens is 4. The van der Waals surface area contributed by atoms with E-state index in [0.29, 0.717) is 6.42 Å². The molecule has 0 radical (unpaired) electrons. The summed E-state index contributed by atoms with van der Waals surface area (Å²) in [6, 6.07) is 5.55. The first-order chi connectivity index (χ1) is 15.0. The second-order valence-electron chi connectivity index (χ2n) is 7.57. The summed E-state index contributed by atoms with van der Waals surface area (Å²) < 4.78 is 53.8. The molecule has 1 atom stereocenters. The van der Waals surface area contributed by atoms with Crippen molar-refractivity contribution in [1.82, 2.24) is 4.57 Å². The molecule has 2 N–H and O–H groups in total. The van der Waals surface area contributed by atoms with Gasteiger partial charge >= 0.3 is 12.1 Å². The maximum absolute atomic E-state index is 14.2. The van der Waals surface area contributed by atoms with Gasteiger partial charge < -0.3 is 10.2 Å². The van der Waals surface area contributed by atoms with Gasteiger partial charge in [0.25, 0.3) is 5.91 Å². The Kier molecular flexibility index (Phi) is 6.29. The quantitative estimate of drug-likeness (QED) is 0.460. The Morgan fingerprint density at radius 2 is 1.75 bits per heavy atom. The number of fused-ring (bicyclic) bond motifs is 1. The molecular weight excluding hydrogens is 430 g/mol. The third-order valence-corrected chi connectivity index (χ3v) is 5.48. The largest absolute Gasteiger partial charge is 0.505 e. The minimum Gasteiger partial charge on any atom is -0.505 e. The number of carboxylic acids is 1. The van der Waals surface area contributed by atoms with Crippen LogP contribution in [0.3, 0.4) is 0 Å². The molecule has 1 heterocycles. The van der Waals surface area contributed by atoms with Gasteiger partial charge in [0, 0.05) is 22.7 Å². The first-order valence-electron chi connectivity index (χ1n) is 9.95. The number of hydrogen-bond acceptors (Lipinski definition) is 3. The molecule has 32 heavy (non-hydrogen) atoms. The highest BCUT2D eigenvalue weighted by Crippen LogP contribution is 2.38. The first-order valence-corrected chi connectivity index (χ1v) is 9.95. The number of phenols is 1. The van der Waals surface area contributed by atoms with Crippen molar-refractivity contribution >= 4 is 22.8 Å². The maximum Gasteiger partial charge on any atom is 0.416 e. The van der Waals surface area contributed by atoms with E-state index in [-0.39, 0.29) is 34.1 Å². The molecule has 0 spiro atoms. The topological polar surface area (TPSA) is 79.5 Å². The molecule has 170 valence electrons. The normalized spacial score (nSPS) is 12.8. The Morgan fingerprint density at radius 3 is 2.28 bits per heavy atom. The van der Waals surface area contributed by atoms with Crippen molar-refractivity contribution in [3.63, 3.8) is 0 Å². The molecule has 3 aromatic rings. The lowest BCUT2D eigenvalue weighted by atomic mass is 9.91. The summed E-state index contributed by atoms with van der Waals surface area (Å²) >= 11 is 0. The minimum absolute atomic E-state index is 0.0282. The second-order valence-corrected chi connectivity index (χ2v) is 7.57. The van der Waals surface area contributed by atoms with E-state index in [1.54, 1.807) is 0 Å². The molecule has 3 rings (SSSR count). The van der Waals surface area contributed by atoms with Gasteiger partial charge in [0.15, 0.2) is 11.6 Å². The van der Waals surface area contributed by atoms with Crippen LogP contribution in [-0.2, 0) is 11.0 Å². The number of aromatic hydroxyl groups is 1. The number of carbonyl (C=O) groups excluding carboxylic acids is 1. The first kappa shape index (κ1) is 23.3. The van der Waals surface area contributed by atoms with Crippen LogP contribution in [-0.4, -0.2) is 26.7 Å². The number of unbranched alkanes of at least 4 members (excludes halogenated alkanes) is 1. The molecule has 2 aromatic carbocycles. The minimum atomic E-state index is -4.57. The van der Waals surface area contributed by atoms with Crippen LogP contribution in [0, 0.1) is 12.7 Å². The zero-order chi connectivity index (χ0) is 23.8. The Morgan fingerprint density at radius 1 is 1.12 bits per heavy atom. The van der Waals surface area contributed by atoms with Crippen LogP contribution in [0.2, 0.25) is 0 Å². The molecule has 0 aliphatic rings. The summed E-state index contributed by atoms with van der Waals surface area (Å²) in [5.41, 5.74) is -0.501. The summed E-state index contributed by atoms with van der Waals surface area (Å²) in [5, 5.41) is 19.9. The predicted octanol–water partition coefficient (Wildman–Crippen LogP) is 5.86. The summed E-state index contributed by atoms with van der Waals surface area (Å²) in [5.74, 6) is -4.59. The van der Waals surface area contributed by atoms with Crippen molar-refractivity contribution < 1.29 is 37.4 Å². The third-order valence-electron chi connectivity index (χ3n) is 5.48. The maximum atomic E-state index is 14.2. The molecule has 5 nitrogen and oxygen atoms in total. The monoisotopic (exact) mass is 451 g/mol. The number of carboxylic acid groups (broad SMARTS) is 1. The van der Waals surface area contributed by atoms with Crippen molar-refractivity contribution in [2.24, 2.45) is 0 Å². The van der Waals surface area contributed by atoms with Gasteiger partial charge in [-0.25, -0.2) is 4.39 Å². The summed E-state index contributed by atoms with van der Waals surface area (Å²) in [6.07, 6.45) is -2.99. The van der Waals surface area contributed by atoms with Crippen LogP contribution in [0.5, 0.6) is 5.75 Å². The Labute approximate surface area is 180 Å². The van der Waals surface area contributed by atoms with Crippen molar-refractivity contribution in [1.29, 1.82) is 0 Å². The van der Waals surface area contributed by atoms with Crippen molar-refractivity contribution in [2.75, 3.05) is 0 Å². The van der Waals surface area contributed by atoms with Gasteiger partial charge in [0.05, 0.1) is 17.0 Å². The fourth-order valence-corrected chi connectivity index (χ4v) is 3.88. The van der Waals surface area contributed by atoms with Crippen LogP contribution >= 0.6 is 0 Å². The highest BCUT2D eigenvalue weighted by atomic mass is 19.4. The fraction of sp³-hybridized carbons (Fsp3) is 0.304. The lowest BCUT2D eigenvalue weighted by molar-refractivity contribution is -0.139. The lowest BCUT2D eigenvalue weighted by Gasteiger charge is -2.14. The number of benzene rings is 2. The van der Waals surface area contributed by atoms with Crippen LogP contribution in [0.4, 0.5) is 17.6 Å². The molecule has 0 amide bonds. The van der Waals surface area contributed by atoms with Gasteiger partial charge in [-0.05, 0) is 49.2 Å². The Balaban J connectivity index is 2.23. The smallest absolute Gasteiger partial charge is 0.416 e. The van der Waals surface area contributed by atoms with Gasteiger partial charge in [-0.3, -0.25) is 14.2 Å². The van der Waals surface area contributed by atoms with E-state index in [1.807, 2.05) is 6.92 Å². The van der Waals surface area contributed by atoms with E-state index in [2.05, 4.69) is 0 Å². The number of nitrogens with zero attached hydrogens (tertiary/aromatic N) is 1. The highest BCUT2D eigenvalue weighted by Gasteiger charge is 2.32. The zero-order valence-corrected chi connectivity index (χ0v) is 17.3. The molecule has 0 saturated heterocycles. The summed E-state index contributed by atoms with van der Waals surface area (Å²) in [7, 11) is 0. The molecule has 1 aromatic heterocycles. The molecule has 0 saturated carbocycles. The number of aliphatic carboxylic acids is 1. The van der Waals surface area contributed by atoms with Crippen LogP contribution in [0.25, 0.3) is 10.9 Å². The van der Waals surface area contributed by atoms with Crippen LogP contribution < -0.4 is 0 Å². The molecule has 0 aliphatic carbocycles. The van der Waals surface area contributed by atoms with Crippen molar-refractivity contribution in [3.05, 3.63) is 64.6 Å². The van der Waals surface area contributed by atoms with Gasteiger partial charge in [-0.1, -0.05) is 19.8 Å². The van der Waals surface area contributed by atoms with Crippen LogP contribution in [0.15, 0.2) is 36.4 Å². The Hall–Kier alpha value is -3.36. The fourth-order valence-electron chi connectivity index (χ4n) is 3.88. The Bertz CT molecular complexity index is 1180. The summed E-state index contributed by atoms with van der Waals surface area (Å²) in [6.45, 7) is 3.39. The van der Waals surface area contributed by atoms with E-state index in [9.17, 15) is 37.4 Å². The van der Waals surface area contributed by atoms with E-state index in [1.165, 1.54) is 6.92 Å². The van der Waals surface area contributed by atoms with E-state index < -0.39 is 41.1 Å². The van der Waals surface area contributed by atoms with Gasteiger partial charge in [-0.2, -0.15) is 13.2 Å². The van der Waals surface area contributed by atoms with Crippen molar-refractivity contribution in [2.45, 2.75) is 45.2 Å². The molecular formula is C23H21F4NO4. The number of hydrogen-bond donors (Lipinski definition) is 2. The zero-order valence-electron chi connectivity index (χ0n) is 17.3. The number of carbonyl (C=O) groups is 2. The summed E-state index contributed by atoms with van der Waals surface area (Å²) in [4.78, 5) is 25.2. The predicted molar refractivity (Wildman–Crippen MR) is 109 cm³/mol. The molecule has 0 fully saturated rings. The number of rotatable bonds is 6. The standard InChI is InChI=1S/C23H21F4NO4/c1-3-4-5-15(22(31)32)20-12(2)28(18-11-17(24)19(29)10-16(18)20)21(30)13-6-8-14(9-7-13)23(25,26)27/h6-11,15,29H,3-5H2,1-2H3,(H,31,32). The molecule has 0 aliphatic heterocycles. The number of alkyl halides is 3. The van der Waals surface area contributed by atoms with Crippen LogP contribution in [0.1, 0.15) is 59.3 Å². The number of phenolic OH excluding ortho intramolecular Hbond substituents is 1. The van der Waals surface area contributed by atoms with Gasteiger partial charge in [0.2, 0.25) is 0 Å². The van der Waals surface area contributed by atoms with Crippen molar-refractivity contribution in [3.8, 4) is 5.75 Å². The van der Waals surface area contributed by atoms with Gasteiger partial charge in [-0.15, -0.1) is 0 Å². The average Bonchev–Trinajstić information content (AvgIpc) is 2.98. The van der Waals surface area contributed by atoms with E-state index in [0.717, 1.165) is 47.4 Å².